The number of benzene rings is 2. The predicted molar refractivity (Wildman–Crippen MR) is 107 cm³/mol. The normalized spacial score (nSPS) is 14.1. The van der Waals surface area contributed by atoms with Gasteiger partial charge in [0.15, 0.2) is 0 Å². The zero-order valence-corrected chi connectivity index (χ0v) is 15.3. The van der Waals surface area contributed by atoms with Crippen molar-refractivity contribution in [2.45, 2.75) is 32.4 Å². The summed E-state index contributed by atoms with van der Waals surface area (Å²) in [6, 6.07) is 18.7. The van der Waals surface area contributed by atoms with Crippen LogP contribution < -0.4 is 5.32 Å². The highest BCUT2D eigenvalue weighted by molar-refractivity contribution is 6.04. The van der Waals surface area contributed by atoms with Gasteiger partial charge in [0, 0.05) is 35.2 Å². The zero-order chi connectivity index (χ0) is 18.8. The zero-order valence-electron chi connectivity index (χ0n) is 15.3. The van der Waals surface area contributed by atoms with Crippen molar-refractivity contribution >= 4 is 22.9 Å². The van der Waals surface area contributed by atoms with Crippen molar-refractivity contribution in [3.63, 3.8) is 0 Å². The standard InChI is InChI=1S/C23H21N3O/c1-16-6-2-3-7-17(16)14-26-15-19(21-8-4-5-9-22(21)26)12-18(13-24)23(27)25-20-10-11-20/h2-9,12,15,20H,10-11,14H2,1H3,(H,25,27)/b18-12+. The van der Waals surface area contributed by atoms with Crippen LogP contribution in [0.5, 0.6) is 0 Å². The largest absolute Gasteiger partial charge is 0.349 e. The third-order valence-corrected chi connectivity index (χ3v) is 5.00. The number of fused-ring (bicyclic) bond motifs is 1. The molecule has 0 atom stereocenters. The van der Waals surface area contributed by atoms with Gasteiger partial charge in [0.05, 0.1) is 0 Å². The van der Waals surface area contributed by atoms with E-state index in [9.17, 15) is 10.1 Å². The average molecular weight is 355 g/mol. The molecule has 1 aromatic heterocycles. The van der Waals surface area contributed by atoms with Crippen LogP contribution in [0, 0.1) is 18.3 Å². The first kappa shape index (κ1) is 17.1. The molecular weight excluding hydrogens is 334 g/mol. The molecule has 0 radical (unpaired) electrons. The Morgan fingerprint density at radius 3 is 2.70 bits per heavy atom. The highest BCUT2D eigenvalue weighted by Gasteiger charge is 2.25. The van der Waals surface area contributed by atoms with Gasteiger partial charge in [0.25, 0.3) is 5.91 Å². The highest BCUT2D eigenvalue weighted by Crippen LogP contribution is 2.25. The van der Waals surface area contributed by atoms with Gasteiger partial charge in [0.1, 0.15) is 11.6 Å². The van der Waals surface area contributed by atoms with Crippen molar-refractivity contribution in [3.8, 4) is 6.07 Å². The van der Waals surface area contributed by atoms with Crippen molar-refractivity contribution in [3.05, 3.63) is 77.0 Å². The number of para-hydroxylation sites is 1. The Morgan fingerprint density at radius 1 is 1.22 bits per heavy atom. The molecule has 1 aliphatic carbocycles. The molecule has 1 N–H and O–H groups in total. The van der Waals surface area contributed by atoms with E-state index in [0.29, 0.717) is 0 Å². The first-order chi connectivity index (χ1) is 13.2. The number of nitriles is 1. The van der Waals surface area contributed by atoms with Gasteiger partial charge in [-0.05, 0) is 43.0 Å². The molecule has 4 nitrogen and oxygen atoms in total. The number of aromatic nitrogens is 1. The Morgan fingerprint density at radius 2 is 1.96 bits per heavy atom. The number of aryl methyl sites for hydroxylation is 1. The predicted octanol–water partition coefficient (Wildman–Crippen LogP) is 4.18. The lowest BCUT2D eigenvalue weighted by atomic mass is 10.1. The molecule has 1 fully saturated rings. The quantitative estimate of drug-likeness (QED) is 0.551. The summed E-state index contributed by atoms with van der Waals surface area (Å²) < 4.78 is 2.18. The fourth-order valence-corrected chi connectivity index (χ4v) is 3.29. The molecule has 1 heterocycles. The SMILES string of the molecule is Cc1ccccc1Cn1cc(/C=C(\C#N)C(=O)NC2CC2)c2ccccc21. The number of carbonyl (C=O) groups is 1. The summed E-state index contributed by atoms with van der Waals surface area (Å²) in [7, 11) is 0. The third kappa shape index (κ3) is 3.63. The smallest absolute Gasteiger partial charge is 0.262 e. The van der Waals surface area contributed by atoms with E-state index >= 15 is 0 Å². The maximum Gasteiger partial charge on any atom is 0.262 e. The van der Waals surface area contributed by atoms with Crippen LogP contribution in [0.3, 0.4) is 0 Å². The maximum absolute atomic E-state index is 12.3. The minimum absolute atomic E-state index is 0.153. The maximum atomic E-state index is 12.3. The molecule has 0 aliphatic heterocycles. The number of amides is 1. The molecule has 0 saturated heterocycles. The number of carbonyl (C=O) groups excluding carboxylic acids is 1. The van der Waals surface area contributed by atoms with Gasteiger partial charge in [-0.15, -0.1) is 0 Å². The third-order valence-electron chi connectivity index (χ3n) is 5.00. The first-order valence-corrected chi connectivity index (χ1v) is 9.21. The molecule has 0 unspecified atom stereocenters. The summed E-state index contributed by atoms with van der Waals surface area (Å²) in [5.41, 5.74) is 4.63. The lowest BCUT2D eigenvalue weighted by Crippen LogP contribution is -2.26. The number of hydrogen-bond acceptors (Lipinski definition) is 2. The second-order valence-electron chi connectivity index (χ2n) is 7.07. The molecule has 134 valence electrons. The molecule has 1 saturated carbocycles. The van der Waals surface area contributed by atoms with Gasteiger partial charge in [-0.3, -0.25) is 4.79 Å². The van der Waals surface area contributed by atoms with Crippen molar-refractivity contribution in [2.75, 3.05) is 0 Å². The lowest BCUT2D eigenvalue weighted by Gasteiger charge is -2.08. The van der Waals surface area contributed by atoms with Crippen LogP contribution in [0.1, 0.15) is 29.5 Å². The summed E-state index contributed by atoms with van der Waals surface area (Å²) in [6.45, 7) is 2.86. The molecule has 2 aromatic carbocycles. The van der Waals surface area contributed by atoms with Gasteiger partial charge in [-0.2, -0.15) is 5.26 Å². The number of nitrogens with one attached hydrogen (secondary N) is 1. The van der Waals surface area contributed by atoms with E-state index in [1.165, 1.54) is 11.1 Å². The molecule has 3 aromatic rings. The minimum atomic E-state index is -0.282. The van der Waals surface area contributed by atoms with E-state index in [0.717, 1.165) is 35.9 Å². The number of hydrogen-bond donors (Lipinski definition) is 1. The van der Waals surface area contributed by atoms with E-state index in [-0.39, 0.29) is 17.5 Å². The Bertz CT molecular complexity index is 1080. The Labute approximate surface area is 158 Å². The Kier molecular flexibility index (Phi) is 4.52. The molecule has 0 bridgehead atoms. The number of rotatable bonds is 5. The van der Waals surface area contributed by atoms with E-state index in [4.69, 9.17) is 0 Å². The summed E-state index contributed by atoms with van der Waals surface area (Å²) >= 11 is 0. The van der Waals surface area contributed by atoms with E-state index in [2.05, 4.69) is 41.1 Å². The van der Waals surface area contributed by atoms with Crippen LogP contribution in [-0.4, -0.2) is 16.5 Å². The molecule has 4 rings (SSSR count). The van der Waals surface area contributed by atoms with Crippen LogP contribution in [0.15, 0.2) is 60.3 Å². The van der Waals surface area contributed by atoms with Crippen LogP contribution >= 0.6 is 0 Å². The Hall–Kier alpha value is -3.32. The van der Waals surface area contributed by atoms with Gasteiger partial charge in [-0.25, -0.2) is 0 Å². The second kappa shape index (κ2) is 7.13. The van der Waals surface area contributed by atoms with Gasteiger partial charge in [0.2, 0.25) is 0 Å². The molecular formula is C23H21N3O. The van der Waals surface area contributed by atoms with Crippen LogP contribution in [0.25, 0.3) is 17.0 Å². The van der Waals surface area contributed by atoms with Crippen molar-refractivity contribution in [1.82, 2.24) is 9.88 Å². The monoisotopic (exact) mass is 355 g/mol. The summed E-state index contributed by atoms with van der Waals surface area (Å²) in [6.07, 6.45) is 5.73. The summed E-state index contributed by atoms with van der Waals surface area (Å²) in [5, 5.41) is 13.4. The molecule has 27 heavy (non-hydrogen) atoms. The topological polar surface area (TPSA) is 57.8 Å². The van der Waals surface area contributed by atoms with Gasteiger partial charge in [-0.1, -0.05) is 42.5 Å². The van der Waals surface area contributed by atoms with Crippen LogP contribution in [-0.2, 0) is 11.3 Å². The van der Waals surface area contributed by atoms with Gasteiger partial charge >= 0.3 is 0 Å². The van der Waals surface area contributed by atoms with Crippen molar-refractivity contribution in [1.29, 1.82) is 5.26 Å². The fraction of sp³-hybridized carbons (Fsp3) is 0.217. The van der Waals surface area contributed by atoms with Crippen LogP contribution in [0.2, 0.25) is 0 Å². The van der Waals surface area contributed by atoms with E-state index in [1.54, 1.807) is 6.08 Å². The lowest BCUT2D eigenvalue weighted by molar-refractivity contribution is -0.117. The van der Waals surface area contributed by atoms with Crippen LogP contribution in [0.4, 0.5) is 0 Å². The fourth-order valence-electron chi connectivity index (χ4n) is 3.29. The summed E-state index contributed by atoms with van der Waals surface area (Å²) in [5.74, 6) is -0.282. The molecule has 1 aliphatic rings. The highest BCUT2D eigenvalue weighted by atomic mass is 16.1. The van der Waals surface area contributed by atoms with E-state index in [1.807, 2.05) is 36.5 Å². The minimum Gasteiger partial charge on any atom is -0.349 e. The first-order valence-electron chi connectivity index (χ1n) is 9.21. The van der Waals surface area contributed by atoms with Gasteiger partial charge < -0.3 is 9.88 Å². The molecule has 1 amide bonds. The summed E-state index contributed by atoms with van der Waals surface area (Å²) in [4.78, 5) is 12.3. The average Bonchev–Trinajstić information content (AvgIpc) is 3.43. The van der Waals surface area contributed by atoms with E-state index < -0.39 is 0 Å². The molecule has 0 spiro atoms. The number of nitrogens with zero attached hydrogens (tertiary/aromatic N) is 2. The van der Waals surface area contributed by atoms with Crippen molar-refractivity contribution in [2.24, 2.45) is 0 Å². The second-order valence-corrected chi connectivity index (χ2v) is 7.07. The molecule has 4 heteroatoms. The Balaban J connectivity index is 1.73. The van der Waals surface area contributed by atoms with Crippen molar-refractivity contribution < 1.29 is 4.79 Å².